The molecule has 6 heteroatoms. The van der Waals surface area contributed by atoms with Crippen molar-refractivity contribution in [2.75, 3.05) is 19.0 Å². The van der Waals surface area contributed by atoms with E-state index in [1.807, 2.05) is 0 Å². The van der Waals surface area contributed by atoms with E-state index in [2.05, 4.69) is 10.3 Å². The van der Waals surface area contributed by atoms with Crippen LogP contribution in [0.2, 0.25) is 5.15 Å². The van der Waals surface area contributed by atoms with Crippen LogP contribution in [0.3, 0.4) is 0 Å². The molecule has 15 heavy (non-hydrogen) atoms. The highest BCUT2D eigenvalue weighted by molar-refractivity contribution is 6.32. The van der Waals surface area contributed by atoms with Crippen LogP contribution < -0.4 is 11.1 Å². The Labute approximate surface area is 92.6 Å². The molecule has 0 bridgehead atoms. The summed E-state index contributed by atoms with van der Waals surface area (Å²) in [4.78, 5) is 15.3. The van der Waals surface area contributed by atoms with Crippen LogP contribution in [0.25, 0.3) is 0 Å². The maximum atomic E-state index is 11.5. The van der Waals surface area contributed by atoms with Crippen molar-refractivity contribution in [3.8, 4) is 0 Å². The van der Waals surface area contributed by atoms with Crippen LogP contribution in [0, 0.1) is 0 Å². The molecule has 1 atom stereocenters. The number of pyridine rings is 1. The molecule has 1 amide bonds. The van der Waals surface area contributed by atoms with Crippen molar-refractivity contribution < 1.29 is 9.53 Å². The van der Waals surface area contributed by atoms with Crippen LogP contribution in [0.5, 0.6) is 0 Å². The maximum absolute atomic E-state index is 11.5. The molecule has 0 aliphatic heterocycles. The lowest BCUT2D eigenvalue weighted by molar-refractivity contribution is -0.118. The van der Waals surface area contributed by atoms with E-state index in [4.69, 9.17) is 22.1 Å². The topological polar surface area (TPSA) is 77.2 Å². The number of halogens is 1. The number of anilines is 1. The number of nitrogens with zero attached hydrogens (tertiary/aromatic N) is 1. The van der Waals surface area contributed by atoms with Crippen molar-refractivity contribution in [3.05, 3.63) is 23.5 Å². The van der Waals surface area contributed by atoms with Gasteiger partial charge in [-0.15, -0.1) is 0 Å². The smallest absolute Gasteiger partial charge is 0.243 e. The summed E-state index contributed by atoms with van der Waals surface area (Å²) in [5, 5.41) is 2.79. The van der Waals surface area contributed by atoms with Crippen LogP contribution in [0.15, 0.2) is 18.3 Å². The molecular formula is C9H12ClN3O2. The fourth-order valence-corrected chi connectivity index (χ4v) is 1.13. The normalized spacial score (nSPS) is 12.2. The van der Waals surface area contributed by atoms with E-state index in [9.17, 15) is 4.79 Å². The Morgan fingerprint density at radius 2 is 2.53 bits per heavy atom. The number of rotatable bonds is 4. The lowest BCUT2D eigenvalue weighted by Gasteiger charge is -2.11. The second-order valence-corrected chi connectivity index (χ2v) is 3.25. The summed E-state index contributed by atoms with van der Waals surface area (Å²) < 4.78 is 4.76. The highest BCUT2D eigenvalue weighted by Gasteiger charge is 2.14. The number of amides is 1. The molecule has 0 aromatic carbocycles. The van der Waals surface area contributed by atoms with Crippen molar-refractivity contribution in [2.45, 2.75) is 6.04 Å². The zero-order chi connectivity index (χ0) is 11.3. The third-order valence-electron chi connectivity index (χ3n) is 1.70. The van der Waals surface area contributed by atoms with Crippen molar-refractivity contribution in [1.82, 2.24) is 4.98 Å². The zero-order valence-corrected chi connectivity index (χ0v) is 8.99. The molecule has 3 N–H and O–H groups in total. The van der Waals surface area contributed by atoms with Crippen LogP contribution >= 0.6 is 11.6 Å². The summed E-state index contributed by atoms with van der Waals surface area (Å²) in [7, 11) is 1.48. The lowest BCUT2D eigenvalue weighted by Crippen LogP contribution is -2.39. The van der Waals surface area contributed by atoms with Gasteiger partial charge in [-0.3, -0.25) is 4.79 Å². The van der Waals surface area contributed by atoms with E-state index in [-0.39, 0.29) is 17.7 Å². The second kappa shape index (κ2) is 5.65. The lowest BCUT2D eigenvalue weighted by atomic mass is 10.3. The zero-order valence-electron chi connectivity index (χ0n) is 8.24. The third kappa shape index (κ3) is 3.47. The van der Waals surface area contributed by atoms with Crippen molar-refractivity contribution in [1.29, 1.82) is 0 Å². The highest BCUT2D eigenvalue weighted by Crippen LogP contribution is 2.17. The van der Waals surface area contributed by atoms with Crippen LogP contribution in [0.1, 0.15) is 0 Å². The number of nitrogens with one attached hydrogen (secondary N) is 1. The SMILES string of the molecule is COCC(N)C(=O)Nc1cccnc1Cl. The van der Waals surface area contributed by atoms with Gasteiger partial charge in [0.1, 0.15) is 6.04 Å². The minimum absolute atomic E-state index is 0.156. The molecule has 0 saturated carbocycles. The molecule has 82 valence electrons. The highest BCUT2D eigenvalue weighted by atomic mass is 35.5. The second-order valence-electron chi connectivity index (χ2n) is 2.89. The largest absolute Gasteiger partial charge is 0.383 e. The molecule has 0 aliphatic rings. The Bertz CT molecular complexity index is 346. The summed E-state index contributed by atoms with van der Waals surface area (Å²) in [6.07, 6.45) is 1.53. The van der Waals surface area contributed by atoms with Gasteiger partial charge in [0.2, 0.25) is 5.91 Å². The number of hydrogen-bond donors (Lipinski definition) is 2. The Morgan fingerprint density at radius 3 is 3.13 bits per heavy atom. The van der Waals surface area contributed by atoms with E-state index in [1.165, 1.54) is 13.3 Å². The molecule has 1 heterocycles. The van der Waals surface area contributed by atoms with Gasteiger partial charge in [-0.2, -0.15) is 0 Å². The van der Waals surface area contributed by atoms with Gasteiger partial charge < -0.3 is 15.8 Å². The minimum Gasteiger partial charge on any atom is -0.383 e. The quantitative estimate of drug-likeness (QED) is 0.743. The standard InChI is InChI=1S/C9H12ClN3O2/c1-15-5-6(11)9(14)13-7-3-2-4-12-8(7)10/h2-4,6H,5,11H2,1H3,(H,13,14). The van der Waals surface area contributed by atoms with E-state index < -0.39 is 6.04 Å². The molecule has 1 aromatic heterocycles. The van der Waals surface area contributed by atoms with Crippen molar-refractivity contribution in [2.24, 2.45) is 5.73 Å². The first-order chi connectivity index (χ1) is 7.15. The predicted octanol–water partition coefficient (Wildman–Crippen LogP) is 0.647. The number of methoxy groups -OCH3 is 1. The molecule has 1 unspecified atom stereocenters. The first-order valence-electron chi connectivity index (χ1n) is 4.31. The fourth-order valence-electron chi connectivity index (χ4n) is 0.960. The van der Waals surface area contributed by atoms with Gasteiger partial charge in [0.05, 0.1) is 12.3 Å². The number of hydrogen-bond acceptors (Lipinski definition) is 4. The van der Waals surface area contributed by atoms with Gasteiger partial charge in [-0.1, -0.05) is 11.6 Å². The summed E-state index contributed by atoms with van der Waals surface area (Å²) in [6.45, 7) is 0.156. The van der Waals surface area contributed by atoms with Gasteiger partial charge >= 0.3 is 0 Å². The van der Waals surface area contributed by atoms with Gasteiger partial charge in [0.25, 0.3) is 0 Å². The number of carbonyl (C=O) groups is 1. The molecule has 0 radical (unpaired) electrons. The van der Waals surface area contributed by atoms with Crippen LogP contribution in [0.4, 0.5) is 5.69 Å². The third-order valence-corrected chi connectivity index (χ3v) is 2.00. The summed E-state index contributed by atoms with van der Waals surface area (Å²) in [6, 6.07) is 2.60. The number of ether oxygens (including phenoxy) is 1. The molecule has 0 saturated heterocycles. The molecule has 1 rings (SSSR count). The van der Waals surface area contributed by atoms with Gasteiger partial charge in [-0.05, 0) is 12.1 Å². The first-order valence-corrected chi connectivity index (χ1v) is 4.69. The molecule has 0 spiro atoms. The molecular weight excluding hydrogens is 218 g/mol. The fraction of sp³-hybridized carbons (Fsp3) is 0.333. The van der Waals surface area contributed by atoms with Crippen molar-refractivity contribution in [3.63, 3.8) is 0 Å². The molecule has 1 aromatic rings. The first kappa shape index (κ1) is 11.9. The monoisotopic (exact) mass is 229 g/mol. The Hall–Kier alpha value is -1.17. The average Bonchev–Trinajstić information content (AvgIpc) is 2.21. The summed E-state index contributed by atoms with van der Waals surface area (Å²) in [5.41, 5.74) is 5.97. The molecule has 5 nitrogen and oxygen atoms in total. The van der Waals surface area contributed by atoms with E-state index in [1.54, 1.807) is 12.1 Å². The Balaban J connectivity index is 2.62. The number of nitrogens with two attached hydrogens (primary N) is 1. The van der Waals surface area contributed by atoms with Crippen molar-refractivity contribution >= 4 is 23.2 Å². The summed E-state index contributed by atoms with van der Waals surface area (Å²) in [5.74, 6) is -0.355. The van der Waals surface area contributed by atoms with Gasteiger partial charge in [-0.25, -0.2) is 4.98 Å². The van der Waals surface area contributed by atoms with E-state index >= 15 is 0 Å². The Morgan fingerprint density at radius 1 is 1.80 bits per heavy atom. The average molecular weight is 230 g/mol. The maximum Gasteiger partial charge on any atom is 0.243 e. The van der Waals surface area contributed by atoms with Crippen LogP contribution in [-0.2, 0) is 9.53 Å². The minimum atomic E-state index is -0.716. The van der Waals surface area contributed by atoms with E-state index in [0.717, 1.165) is 0 Å². The molecule has 0 fully saturated rings. The number of aromatic nitrogens is 1. The molecule has 0 aliphatic carbocycles. The van der Waals surface area contributed by atoms with E-state index in [0.29, 0.717) is 5.69 Å². The van der Waals surface area contributed by atoms with Crippen LogP contribution in [-0.4, -0.2) is 30.6 Å². The summed E-state index contributed by atoms with van der Waals surface area (Å²) >= 11 is 5.75. The van der Waals surface area contributed by atoms with Gasteiger partial charge in [0.15, 0.2) is 5.15 Å². The Kier molecular flexibility index (Phi) is 4.48. The number of carbonyl (C=O) groups excluding carboxylic acids is 1. The predicted molar refractivity (Wildman–Crippen MR) is 57.7 cm³/mol. The van der Waals surface area contributed by atoms with Gasteiger partial charge in [0, 0.05) is 13.3 Å².